The van der Waals surface area contributed by atoms with E-state index in [0.29, 0.717) is 19.7 Å². The predicted molar refractivity (Wildman–Crippen MR) is 84.0 cm³/mol. The molecule has 120 valence electrons. The summed E-state index contributed by atoms with van der Waals surface area (Å²) in [4.78, 5) is 13.1. The fourth-order valence-corrected chi connectivity index (χ4v) is 2.74. The Labute approximate surface area is 134 Å². The van der Waals surface area contributed by atoms with Crippen molar-refractivity contribution in [2.45, 2.75) is 26.1 Å². The summed E-state index contributed by atoms with van der Waals surface area (Å²) in [5.74, 6) is -1.07. The minimum absolute atomic E-state index is 0.171. The van der Waals surface area contributed by atoms with E-state index in [9.17, 15) is 9.18 Å². The average molecular weight is 315 g/mol. The molecule has 0 saturated heterocycles. The van der Waals surface area contributed by atoms with Crippen molar-refractivity contribution in [1.29, 1.82) is 0 Å². The Morgan fingerprint density at radius 2 is 2.13 bits per heavy atom. The number of fused-ring (bicyclic) bond motifs is 1. The first-order valence-electron chi connectivity index (χ1n) is 7.51. The van der Waals surface area contributed by atoms with Crippen molar-refractivity contribution in [3.8, 4) is 5.75 Å². The number of hydrogen-bond donors (Lipinski definition) is 1. The van der Waals surface area contributed by atoms with Crippen molar-refractivity contribution in [2.24, 2.45) is 0 Å². The number of halogens is 1. The van der Waals surface area contributed by atoms with Crippen molar-refractivity contribution in [3.63, 3.8) is 0 Å². The molecule has 0 radical (unpaired) electrons. The van der Waals surface area contributed by atoms with E-state index in [1.165, 1.54) is 12.1 Å². The van der Waals surface area contributed by atoms with Gasteiger partial charge in [-0.05, 0) is 30.7 Å². The lowest BCUT2D eigenvalue weighted by molar-refractivity contribution is 0.0692. The zero-order valence-electron chi connectivity index (χ0n) is 12.8. The first-order valence-corrected chi connectivity index (χ1v) is 7.51. The van der Waals surface area contributed by atoms with Crippen LogP contribution in [0.4, 0.5) is 4.39 Å². The lowest BCUT2D eigenvalue weighted by Gasteiger charge is -2.26. The molecule has 2 aromatic rings. The zero-order chi connectivity index (χ0) is 16.4. The summed E-state index contributed by atoms with van der Waals surface area (Å²) in [5, 5.41) is 8.90. The summed E-state index contributed by atoms with van der Waals surface area (Å²) in [5.41, 5.74) is 1.55. The molecule has 2 aromatic carbocycles. The van der Waals surface area contributed by atoms with E-state index in [1.54, 1.807) is 6.07 Å². The van der Waals surface area contributed by atoms with Crippen LogP contribution in [0.5, 0.6) is 5.75 Å². The molecule has 4 nitrogen and oxygen atoms in total. The van der Waals surface area contributed by atoms with Gasteiger partial charge in [0.2, 0.25) is 0 Å². The number of rotatable bonds is 3. The Kier molecular flexibility index (Phi) is 4.30. The van der Waals surface area contributed by atoms with Crippen LogP contribution in [0.1, 0.15) is 28.4 Å². The van der Waals surface area contributed by atoms with Crippen LogP contribution in [0.3, 0.4) is 0 Å². The van der Waals surface area contributed by atoms with Crippen LogP contribution in [-0.2, 0) is 13.1 Å². The van der Waals surface area contributed by atoms with Crippen LogP contribution >= 0.6 is 0 Å². The molecule has 1 aliphatic heterocycles. The molecule has 1 N–H and O–H groups in total. The molecule has 0 fully saturated rings. The number of para-hydroxylation sites is 1. The smallest absolute Gasteiger partial charge is 0.338 e. The van der Waals surface area contributed by atoms with Crippen molar-refractivity contribution < 1.29 is 19.0 Å². The topological polar surface area (TPSA) is 49.8 Å². The molecule has 3 rings (SSSR count). The third kappa shape index (κ3) is 3.35. The molecule has 0 saturated carbocycles. The Morgan fingerprint density at radius 1 is 1.35 bits per heavy atom. The Morgan fingerprint density at radius 3 is 2.87 bits per heavy atom. The number of carboxylic acid groups (broad SMARTS) is 1. The monoisotopic (exact) mass is 315 g/mol. The van der Waals surface area contributed by atoms with Crippen LogP contribution < -0.4 is 4.74 Å². The molecule has 23 heavy (non-hydrogen) atoms. The van der Waals surface area contributed by atoms with Gasteiger partial charge in [0, 0.05) is 24.7 Å². The summed E-state index contributed by atoms with van der Waals surface area (Å²) in [6.07, 6.45) is 0. The van der Waals surface area contributed by atoms with Crippen molar-refractivity contribution in [3.05, 3.63) is 65.0 Å². The molecule has 0 amide bonds. The van der Waals surface area contributed by atoms with E-state index in [2.05, 4.69) is 11.8 Å². The summed E-state index contributed by atoms with van der Waals surface area (Å²) < 4.78 is 19.7. The van der Waals surface area contributed by atoms with Gasteiger partial charge in [0.05, 0.1) is 5.56 Å². The number of ether oxygens (including phenoxy) is 1. The molecule has 1 atom stereocenters. The highest BCUT2D eigenvalue weighted by atomic mass is 19.1. The van der Waals surface area contributed by atoms with Gasteiger partial charge in [-0.3, -0.25) is 4.90 Å². The number of aromatic carboxylic acids is 1. The molecule has 5 heteroatoms. The second-order valence-electron chi connectivity index (χ2n) is 5.79. The number of nitrogens with zero attached hydrogens (tertiary/aromatic N) is 1. The lowest BCUT2D eigenvalue weighted by Crippen LogP contribution is -2.34. The third-order valence-corrected chi connectivity index (χ3v) is 4.10. The van der Waals surface area contributed by atoms with Gasteiger partial charge >= 0.3 is 5.97 Å². The van der Waals surface area contributed by atoms with Gasteiger partial charge in [-0.15, -0.1) is 0 Å². The van der Waals surface area contributed by atoms with Gasteiger partial charge in [0.15, 0.2) is 0 Å². The molecule has 1 unspecified atom stereocenters. The largest absolute Gasteiger partial charge is 0.492 e. The molecule has 0 bridgehead atoms. The van der Waals surface area contributed by atoms with E-state index in [4.69, 9.17) is 9.84 Å². The number of hydrogen-bond acceptors (Lipinski definition) is 3. The summed E-state index contributed by atoms with van der Waals surface area (Å²) in [6.45, 7) is 3.87. The van der Waals surface area contributed by atoms with E-state index in [0.717, 1.165) is 16.9 Å². The maximum Gasteiger partial charge on any atom is 0.338 e. The molecule has 0 aliphatic carbocycles. The van der Waals surface area contributed by atoms with Crippen molar-refractivity contribution >= 4 is 5.97 Å². The third-order valence-electron chi connectivity index (χ3n) is 4.10. The van der Waals surface area contributed by atoms with E-state index in [-0.39, 0.29) is 11.6 Å². The fourth-order valence-electron chi connectivity index (χ4n) is 2.74. The molecule has 0 aromatic heterocycles. The normalized spacial score (nSPS) is 17.9. The highest BCUT2D eigenvalue weighted by Crippen LogP contribution is 2.26. The highest BCUT2D eigenvalue weighted by molar-refractivity contribution is 5.87. The standard InChI is InChI=1S/C18H18FNO3/c1-12-11-23-17-5-3-2-4-14(17)10-20(12)9-13-6-7-15(18(21)22)16(19)8-13/h2-8,12H,9-11H2,1H3,(H,21,22). The van der Waals surface area contributed by atoms with E-state index in [1.807, 2.05) is 24.3 Å². The minimum Gasteiger partial charge on any atom is -0.492 e. The minimum atomic E-state index is -1.25. The predicted octanol–water partition coefficient (Wildman–Crippen LogP) is 3.31. The van der Waals surface area contributed by atoms with Gasteiger partial charge in [0.1, 0.15) is 18.2 Å². The SMILES string of the molecule is CC1COc2ccccc2CN1Cc1ccc(C(=O)O)c(F)c1. The Bertz CT molecular complexity index is 732. The first kappa shape index (κ1) is 15.5. The lowest BCUT2D eigenvalue weighted by atomic mass is 10.1. The van der Waals surface area contributed by atoms with Gasteiger partial charge in [-0.25, -0.2) is 9.18 Å². The van der Waals surface area contributed by atoms with Crippen molar-refractivity contribution in [1.82, 2.24) is 4.90 Å². The summed E-state index contributed by atoms with van der Waals surface area (Å²) in [7, 11) is 0. The molecular weight excluding hydrogens is 297 g/mol. The average Bonchev–Trinajstić information content (AvgIpc) is 2.67. The van der Waals surface area contributed by atoms with Crippen LogP contribution in [0.2, 0.25) is 0 Å². The van der Waals surface area contributed by atoms with Crippen LogP contribution in [0, 0.1) is 5.82 Å². The molecule has 1 aliphatic rings. The number of carbonyl (C=O) groups is 1. The van der Waals surface area contributed by atoms with Crippen LogP contribution in [0.25, 0.3) is 0 Å². The Hall–Kier alpha value is -2.40. The quantitative estimate of drug-likeness (QED) is 0.944. The van der Waals surface area contributed by atoms with Gasteiger partial charge in [-0.1, -0.05) is 24.3 Å². The Balaban J connectivity index is 1.81. The van der Waals surface area contributed by atoms with Gasteiger partial charge in [0.25, 0.3) is 0 Å². The maximum absolute atomic E-state index is 13.8. The fraction of sp³-hybridized carbons (Fsp3) is 0.278. The first-order chi connectivity index (χ1) is 11.0. The van der Waals surface area contributed by atoms with E-state index < -0.39 is 11.8 Å². The summed E-state index contributed by atoms with van der Waals surface area (Å²) >= 11 is 0. The van der Waals surface area contributed by atoms with E-state index >= 15 is 0 Å². The summed E-state index contributed by atoms with van der Waals surface area (Å²) in [6, 6.07) is 12.3. The number of carboxylic acids is 1. The van der Waals surface area contributed by atoms with Crippen LogP contribution in [0.15, 0.2) is 42.5 Å². The molecular formula is C18H18FNO3. The maximum atomic E-state index is 13.8. The second-order valence-corrected chi connectivity index (χ2v) is 5.79. The second kappa shape index (κ2) is 6.38. The van der Waals surface area contributed by atoms with Crippen molar-refractivity contribution in [2.75, 3.05) is 6.61 Å². The molecule has 0 spiro atoms. The van der Waals surface area contributed by atoms with Crippen LogP contribution in [-0.4, -0.2) is 28.6 Å². The highest BCUT2D eigenvalue weighted by Gasteiger charge is 2.22. The zero-order valence-corrected chi connectivity index (χ0v) is 12.8. The number of benzene rings is 2. The van der Waals surface area contributed by atoms with Gasteiger partial charge in [-0.2, -0.15) is 0 Å². The molecule has 1 heterocycles. The van der Waals surface area contributed by atoms with Gasteiger partial charge < -0.3 is 9.84 Å².